The van der Waals surface area contributed by atoms with Crippen molar-refractivity contribution in [2.24, 2.45) is 0 Å². The molecule has 0 bridgehead atoms. The van der Waals surface area contributed by atoms with Gasteiger partial charge in [0.25, 0.3) is 0 Å². The maximum atomic E-state index is 5.59. The zero-order valence-electron chi connectivity index (χ0n) is 9.21. The number of rotatable bonds is 4. The van der Waals surface area contributed by atoms with E-state index in [4.69, 9.17) is 4.74 Å². The van der Waals surface area contributed by atoms with Crippen LogP contribution < -0.4 is 5.32 Å². The summed E-state index contributed by atoms with van der Waals surface area (Å²) in [6.45, 7) is 7.78. The lowest BCUT2D eigenvalue weighted by molar-refractivity contribution is 0.00333. The molecule has 0 spiro atoms. The largest absolute Gasteiger partial charge is 0.383 e. The highest BCUT2D eigenvalue weighted by Crippen LogP contribution is 2.07. The first-order valence-corrected chi connectivity index (χ1v) is 5.01. The molecule has 0 saturated carbocycles. The van der Waals surface area contributed by atoms with Crippen LogP contribution in [0.4, 0.5) is 5.69 Å². The van der Waals surface area contributed by atoms with Crippen LogP contribution in [-0.4, -0.2) is 18.8 Å². The smallest absolute Gasteiger partial charge is 0.0646 e. The molecule has 1 N–H and O–H groups in total. The van der Waals surface area contributed by atoms with Crippen LogP contribution in [0.15, 0.2) is 30.3 Å². The number of para-hydroxylation sites is 1. The first-order valence-electron chi connectivity index (χ1n) is 5.01. The first-order chi connectivity index (χ1) is 6.58. The second kappa shape index (κ2) is 5.01. The van der Waals surface area contributed by atoms with Gasteiger partial charge in [-0.1, -0.05) is 18.2 Å². The highest BCUT2D eigenvalue weighted by atomic mass is 16.5. The minimum absolute atomic E-state index is 0.0433. The molecule has 0 amide bonds. The average molecular weight is 193 g/mol. The third kappa shape index (κ3) is 4.87. The fraction of sp³-hybridized carbons (Fsp3) is 0.500. The Bertz CT molecular complexity index is 251. The molecule has 0 aromatic heterocycles. The molecule has 78 valence electrons. The number of nitrogens with one attached hydrogen (secondary N) is 1. The van der Waals surface area contributed by atoms with Gasteiger partial charge in [0.05, 0.1) is 12.2 Å². The molecular formula is C12H19NO. The minimum Gasteiger partial charge on any atom is -0.383 e. The second-order valence-corrected chi connectivity index (χ2v) is 4.25. The van der Waals surface area contributed by atoms with E-state index in [0.717, 1.165) is 18.8 Å². The zero-order chi connectivity index (χ0) is 10.4. The van der Waals surface area contributed by atoms with Gasteiger partial charge in [0.1, 0.15) is 0 Å². The normalized spacial score (nSPS) is 11.4. The predicted octanol–water partition coefficient (Wildman–Crippen LogP) is 2.91. The van der Waals surface area contributed by atoms with Gasteiger partial charge in [0.2, 0.25) is 0 Å². The van der Waals surface area contributed by atoms with Crippen molar-refractivity contribution in [3.05, 3.63) is 30.3 Å². The van der Waals surface area contributed by atoms with E-state index in [0.29, 0.717) is 0 Å². The Kier molecular flexibility index (Phi) is 3.96. The van der Waals surface area contributed by atoms with E-state index in [-0.39, 0.29) is 5.60 Å². The van der Waals surface area contributed by atoms with Crippen molar-refractivity contribution in [1.82, 2.24) is 0 Å². The fourth-order valence-electron chi connectivity index (χ4n) is 1.11. The Hall–Kier alpha value is -1.02. The summed E-state index contributed by atoms with van der Waals surface area (Å²) in [7, 11) is 0. The first kappa shape index (κ1) is 11.1. The molecule has 1 aromatic carbocycles. The molecule has 2 heteroatoms. The van der Waals surface area contributed by atoms with Gasteiger partial charge in [-0.05, 0) is 32.9 Å². The fourth-order valence-corrected chi connectivity index (χ4v) is 1.11. The number of hydrogen-bond acceptors (Lipinski definition) is 2. The van der Waals surface area contributed by atoms with E-state index in [9.17, 15) is 0 Å². The SMILES string of the molecule is CC(C)(C)OCCNc1ccccc1. The van der Waals surface area contributed by atoms with Crippen LogP contribution in [0.5, 0.6) is 0 Å². The maximum Gasteiger partial charge on any atom is 0.0646 e. The molecule has 0 fully saturated rings. The van der Waals surface area contributed by atoms with Crippen molar-refractivity contribution in [3.63, 3.8) is 0 Å². The Balaban J connectivity index is 2.17. The summed E-state index contributed by atoms with van der Waals surface area (Å²) >= 11 is 0. The lowest BCUT2D eigenvalue weighted by atomic mass is 10.2. The van der Waals surface area contributed by atoms with Crippen molar-refractivity contribution < 1.29 is 4.74 Å². The quantitative estimate of drug-likeness (QED) is 0.742. The highest BCUT2D eigenvalue weighted by molar-refractivity contribution is 5.42. The summed E-state index contributed by atoms with van der Waals surface area (Å²) < 4.78 is 5.59. The molecule has 0 aliphatic rings. The second-order valence-electron chi connectivity index (χ2n) is 4.25. The Morgan fingerprint density at radius 1 is 1.14 bits per heavy atom. The van der Waals surface area contributed by atoms with Gasteiger partial charge in [0.15, 0.2) is 0 Å². The molecule has 0 saturated heterocycles. The van der Waals surface area contributed by atoms with E-state index in [1.54, 1.807) is 0 Å². The van der Waals surface area contributed by atoms with Gasteiger partial charge in [-0.2, -0.15) is 0 Å². The average Bonchev–Trinajstić information content (AvgIpc) is 2.13. The van der Waals surface area contributed by atoms with Crippen LogP contribution in [0, 0.1) is 0 Å². The number of anilines is 1. The summed E-state index contributed by atoms with van der Waals surface area (Å²) in [6.07, 6.45) is 0. The van der Waals surface area contributed by atoms with Crippen molar-refractivity contribution in [2.75, 3.05) is 18.5 Å². The van der Waals surface area contributed by atoms with Gasteiger partial charge in [-0.25, -0.2) is 0 Å². The van der Waals surface area contributed by atoms with Crippen LogP contribution in [-0.2, 0) is 4.74 Å². The molecule has 2 nitrogen and oxygen atoms in total. The minimum atomic E-state index is -0.0433. The van der Waals surface area contributed by atoms with Crippen LogP contribution in [0.2, 0.25) is 0 Å². The van der Waals surface area contributed by atoms with Gasteiger partial charge < -0.3 is 10.1 Å². The van der Waals surface area contributed by atoms with Crippen LogP contribution in [0.3, 0.4) is 0 Å². The number of ether oxygens (including phenoxy) is 1. The van der Waals surface area contributed by atoms with Gasteiger partial charge in [-0.3, -0.25) is 0 Å². The monoisotopic (exact) mass is 193 g/mol. The maximum absolute atomic E-state index is 5.59. The topological polar surface area (TPSA) is 21.3 Å². The summed E-state index contributed by atoms with van der Waals surface area (Å²) in [5.74, 6) is 0. The highest BCUT2D eigenvalue weighted by Gasteiger charge is 2.08. The Morgan fingerprint density at radius 3 is 2.36 bits per heavy atom. The summed E-state index contributed by atoms with van der Waals surface area (Å²) in [5.41, 5.74) is 1.10. The van der Waals surface area contributed by atoms with Crippen LogP contribution in [0.25, 0.3) is 0 Å². The molecule has 14 heavy (non-hydrogen) atoms. The van der Waals surface area contributed by atoms with Crippen molar-refractivity contribution in [2.45, 2.75) is 26.4 Å². The van der Waals surface area contributed by atoms with Gasteiger partial charge in [-0.15, -0.1) is 0 Å². The summed E-state index contributed by atoms with van der Waals surface area (Å²) in [6, 6.07) is 10.2. The zero-order valence-corrected chi connectivity index (χ0v) is 9.21. The lowest BCUT2D eigenvalue weighted by Crippen LogP contribution is -2.23. The van der Waals surface area contributed by atoms with E-state index in [1.807, 2.05) is 18.2 Å². The van der Waals surface area contributed by atoms with Gasteiger partial charge in [0, 0.05) is 12.2 Å². The van der Waals surface area contributed by atoms with Crippen LogP contribution in [0.1, 0.15) is 20.8 Å². The molecule has 1 aromatic rings. The Labute approximate surface area is 86.3 Å². The molecule has 0 unspecified atom stereocenters. The van der Waals surface area contributed by atoms with Gasteiger partial charge >= 0.3 is 0 Å². The molecule has 0 aliphatic carbocycles. The van der Waals surface area contributed by atoms with Crippen molar-refractivity contribution >= 4 is 5.69 Å². The predicted molar refractivity (Wildman–Crippen MR) is 60.6 cm³/mol. The molecule has 0 atom stereocenters. The summed E-state index contributed by atoms with van der Waals surface area (Å²) in [4.78, 5) is 0. The summed E-state index contributed by atoms with van der Waals surface area (Å²) in [5, 5.41) is 3.29. The van der Waals surface area contributed by atoms with E-state index >= 15 is 0 Å². The molecular weight excluding hydrogens is 174 g/mol. The molecule has 0 aliphatic heterocycles. The number of benzene rings is 1. The van der Waals surface area contributed by atoms with Crippen LogP contribution >= 0.6 is 0 Å². The third-order valence-corrected chi connectivity index (χ3v) is 1.74. The molecule has 1 rings (SSSR count). The number of hydrogen-bond donors (Lipinski definition) is 1. The van der Waals surface area contributed by atoms with Crippen molar-refractivity contribution in [3.8, 4) is 0 Å². The van der Waals surface area contributed by atoms with E-state index < -0.39 is 0 Å². The Morgan fingerprint density at radius 2 is 1.79 bits per heavy atom. The van der Waals surface area contributed by atoms with E-state index in [1.165, 1.54) is 0 Å². The lowest BCUT2D eigenvalue weighted by Gasteiger charge is -2.19. The third-order valence-electron chi connectivity index (χ3n) is 1.74. The van der Waals surface area contributed by atoms with E-state index in [2.05, 4.69) is 38.2 Å². The molecule has 0 heterocycles. The standard InChI is InChI=1S/C12H19NO/c1-12(2,3)14-10-9-13-11-7-5-4-6-8-11/h4-8,13H,9-10H2,1-3H3. The molecule has 0 radical (unpaired) electrons. The van der Waals surface area contributed by atoms with Crippen molar-refractivity contribution in [1.29, 1.82) is 0 Å².